The molecule has 0 radical (unpaired) electrons. The highest BCUT2D eigenvalue weighted by Crippen LogP contribution is 2.30. The van der Waals surface area contributed by atoms with Gasteiger partial charge in [0.05, 0.1) is 5.56 Å². The van der Waals surface area contributed by atoms with Crippen LogP contribution in [0.1, 0.15) is 45.0 Å². The lowest BCUT2D eigenvalue weighted by Gasteiger charge is -2.17. The standard InChI is InChI=1S/C20H23NO2/c1-14-3-8-19(15(2)11-14)18-9-10-21(13-18)12-16-4-6-17(7-5-16)20(22)23/h3-8,11,18H,9-10,12-13H2,1-2H3,(H,22,23). The van der Waals surface area contributed by atoms with Gasteiger partial charge in [-0.3, -0.25) is 4.90 Å². The number of carboxylic acids is 1. The zero-order valence-corrected chi connectivity index (χ0v) is 13.7. The number of hydrogen-bond donors (Lipinski definition) is 1. The average Bonchev–Trinajstić information content (AvgIpc) is 2.96. The van der Waals surface area contributed by atoms with Crippen molar-refractivity contribution in [3.8, 4) is 0 Å². The highest BCUT2D eigenvalue weighted by Gasteiger charge is 2.24. The first kappa shape index (κ1) is 15.8. The Morgan fingerprint density at radius 3 is 2.57 bits per heavy atom. The Balaban J connectivity index is 1.64. The van der Waals surface area contributed by atoms with Crippen molar-refractivity contribution in [2.75, 3.05) is 13.1 Å². The van der Waals surface area contributed by atoms with E-state index in [0.717, 1.165) is 19.6 Å². The Kier molecular flexibility index (Phi) is 4.49. The van der Waals surface area contributed by atoms with Gasteiger partial charge in [-0.25, -0.2) is 4.79 Å². The van der Waals surface area contributed by atoms with Crippen molar-refractivity contribution < 1.29 is 9.90 Å². The molecule has 3 nitrogen and oxygen atoms in total. The maximum atomic E-state index is 10.9. The summed E-state index contributed by atoms with van der Waals surface area (Å²) in [6, 6.07) is 14.0. The molecule has 1 atom stereocenters. The lowest BCUT2D eigenvalue weighted by molar-refractivity contribution is 0.0697. The quantitative estimate of drug-likeness (QED) is 0.928. The van der Waals surface area contributed by atoms with Gasteiger partial charge in [0.25, 0.3) is 0 Å². The van der Waals surface area contributed by atoms with E-state index < -0.39 is 5.97 Å². The van der Waals surface area contributed by atoms with E-state index in [4.69, 9.17) is 5.11 Å². The Bertz CT molecular complexity index is 706. The smallest absolute Gasteiger partial charge is 0.335 e. The lowest BCUT2D eigenvalue weighted by atomic mass is 9.93. The average molecular weight is 309 g/mol. The molecule has 1 fully saturated rings. The van der Waals surface area contributed by atoms with Gasteiger partial charge >= 0.3 is 5.97 Å². The van der Waals surface area contributed by atoms with Crippen LogP contribution in [0.5, 0.6) is 0 Å². The Morgan fingerprint density at radius 2 is 1.91 bits per heavy atom. The number of rotatable bonds is 4. The second kappa shape index (κ2) is 6.55. The van der Waals surface area contributed by atoms with E-state index in [1.54, 1.807) is 12.1 Å². The topological polar surface area (TPSA) is 40.5 Å². The Morgan fingerprint density at radius 1 is 1.17 bits per heavy atom. The molecular formula is C20H23NO2. The van der Waals surface area contributed by atoms with Crippen molar-refractivity contribution in [2.24, 2.45) is 0 Å². The van der Waals surface area contributed by atoms with E-state index in [0.29, 0.717) is 11.5 Å². The van der Waals surface area contributed by atoms with Crippen LogP contribution in [0.15, 0.2) is 42.5 Å². The van der Waals surface area contributed by atoms with Crippen molar-refractivity contribution in [3.63, 3.8) is 0 Å². The van der Waals surface area contributed by atoms with Gasteiger partial charge in [0.1, 0.15) is 0 Å². The highest BCUT2D eigenvalue weighted by molar-refractivity contribution is 5.87. The minimum absolute atomic E-state index is 0.350. The van der Waals surface area contributed by atoms with Crippen LogP contribution < -0.4 is 0 Å². The van der Waals surface area contributed by atoms with Crippen LogP contribution in [0.2, 0.25) is 0 Å². The Hall–Kier alpha value is -2.13. The molecule has 3 rings (SSSR count). The van der Waals surface area contributed by atoms with Gasteiger partial charge in [0, 0.05) is 13.1 Å². The number of likely N-dealkylation sites (tertiary alicyclic amines) is 1. The number of aromatic carboxylic acids is 1. The van der Waals surface area contributed by atoms with Crippen molar-refractivity contribution in [1.29, 1.82) is 0 Å². The molecule has 120 valence electrons. The Labute approximate surface area is 137 Å². The molecule has 1 aliphatic rings. The van der Waals surface area contributed by atoms with E-state index in [2.05, 4.69) is 36.9 Å². The van der Waals surface area contributed by atoms with Gasteiger partial charge in [-0.1, -0.05) is 35.9 Å². The second-order valence-corrected chi connectivity index (χ2v) is 6.58. The van der Waals surface area contributed by atoms with E-state index in [1.165, 1.54) is 28.7 Å². The third kappa shape index (κ3) is 3.62. The number of carboxylic acid groups (broad SMARTS) is 1. The number of aryl methyl sites for hydroxylation is 2. The fraction of sp³-hybridized carbons (Fsp3) is 0.350. The summed E-state index contributed by atoms with van der Waals surface area (Å²) in [6.45, 7) is 7.40. The molecule has 0 aliphatic carbocycles. The van der Waals surface area contributed by atoms with Crippen LogP contribution in [0, 0.1) is 13.8 Å². The third-order valence-electron chi connectivity index (χ3n) is 4.74. The normalized spacial score (nSPS) is 18.3. The zero-order valence-electron chi connectivity index (χ0n) is 13.7. The van der Waals surface area contributed by atoms with Gasteiger partial charge < -0.3 is 5.11 Å². The summed E-state index contributed by atoms with van der Waals surface area (Å²) in [6.07, 6.45) is 1.19. The van der Waals surface area contributed by atoms with Crippen LogP contribution in [-0.4, -0.2) is 29.1 Å². The van der Waals surface area contributed by atoms with E-state index in [-0.39, 0.29) is 0 Å². The van der Waals surface area contributed by atoms with Crippen molar-refractivity contribution in [2.45, 2.75) is 32.7 Å². The fourth-order valence-electron chi connectivity index (χ4n) is 3.52. The maximum Gasteiger partial charge on any atom is 0.335 e. The van der Waals surface area contributed by atoms with Crippen molar-refractivity contribution >= 4 is 5.97 Å². The van der Waals surface area contributed by atoms with Crippen molar-refractivity contribution in [3.05, 3.63) is 70.3 Å². The molecule has 2 aromatic rings. The van der Waals surface area contributed by atoms with Crippen LogP contribution in [0.3, 0.4) is 0 Å². The van der Waals surface area contributed by atoms with Crippen LogP contribution in [0.4, 0.5) is 0 Å². The van der Waals surface area contributed by atoms with Gasteiger partial charge in [-0.2, -0.15) is 0 Å². The predicted octanol–water partition coefficient (Wildman–Crippen LogP) is 3.99. The largest absolute Gasteiger partial charge is 0.478 e. The summed E-state index contributed by atoms with van der Waals surface area (Å²) in [7, 11) is 0. The summed E-state index contributed by atoms with van der Waals surface area (Å²) in [5.41, 5.74) is 5.71. The molecular weight excluding hydrogens is 286 g/mol. The fourth-order valence-corrected chi connectivity index (χ4v) is 3.52. The SMILES string of the molecule is Cc1ccc(C2CCN(Cc3ccc(C(=O)O)cc3)C2)c(C)c1. The maximum absolute atomic E-state index is 10.9. The van der Waals surface area contributed by atoms with Gasteiger partial charge in [-0.05, 0) is 61.6 Å². The van der Waals surface area contributed by atoms with Crippen molar-refractivity contribution in [1.82, 2.24) is 4.90 Å². The molecule has 0 amide bonds. The molecule has 1 heterocycles. The van der Waals surface area contributed by atoms with E-state index in [9.17, 15) is 4.79 Å². The number of hydrogen-bond acceptors (Lipinski definition) is 2. The van der Waals surface area contributed by atoms with E-state index in [1.807, 2.05) is 12.1 Å². The molecule has 23 heavy (non-hydrogen) atoms. The zero-order chi connectivity index (χ0) is 16.4. The minimum atomic E-state index is -0.868. The van der Waals surface area contributed by atoms with Gasteiger partial charge in [0.15, 0.2) is 0 Å². The molecule has 2 aromatic carbocycles. The molecule has 0 spiro atoms. The molecule has 3 heteroatoms. The lowest BCUT2D eigenvalue weighted by Crippen LogP contribution is -2.20. The molecule has 1 unspecified atom stereocenters. The summed E-state index contributed by atoms with van der Waals surface area (Å²) in [5, 5.41) is 8.96. The third-order valence-corrected chi connectivity index (χ3v) is 4.74. The second-order valence-electron chi connectivity index (χ2n) is 6.58. The summed E-state index contributed by atoms with van der Waals surface area (Å²) < 4.78 is 0. The van der Waals surface area contributed by atoms with Gasteiger partial charge in [-0.15, -0.1) is 0 Å². The summed E-state index contributed by atoms with van der Waals surface area (Å²) >= 11 is 0. The highest BCUT2D eigenvalue weighted by atomic mass is 16.4. The first-order valence-electron chi connectivity index (χ1n) is 8.14. The summed E-state index contributed by atoms with van der Waals surface area (Å²) in [4.78, 5) is 13.4. The molecule has 1 aliphatic heterocycles. The number of benzene rings is 2. The minimum Gasteiger partial charge on any atom is -0.478 e. The first-order chi connectivity index (χ1) is 11.0. The number of nitrogens with zero attached hydrogens (tertiary/aromatic N) is 1. The summed E-state index contributed by atoms with van der Waals surface area (Å²) in [5.74, 6) is -0.262. The van der Waals surface area contributed by atoms with Gasteiger partial charge in [0.2, 0.25) is 0 Å². The molecule has 0 aromatic heterocycles. The van der Waals surface area contributed by atoms with E-state index >= 15 is 0 Å². The first-order valence-corrected chi connectivity index (χ1v) is 8.14. The van der Waals surface area contributed by atoms with Crippen LogP contribution >= 0.6 is 0 Å². The molecule has 0 saturated carbocycles. The number of carbonyl (C=O) groups is 1. The van der Waals surface area contributed by atoms with Crippen LogP contribution in [-0.2, 0) is 6.54 Å². The monoisotopic (exact) mass is 309 g/mol. The molecule has 0 bridgehead atoms. The molecule has 1 N–H and O–H groups in total. The molecule has 1 saturated heterocycles. The predicted molar refractivity (Wildman–Crippen MR) is 92.0 cm³/mol. The van der Waals surface area contributed by atoms with Crippen LogP contribution in [0.25, 0.3) is 0 Å².